The van der Waals surface area contributed by atoms with E-state index < -0.39 is 11.9 Å². The summed E-state index contributed by atoms with van der Waals surface area (Å²) in [6, 6.07) is 7.17. The maximum Gasteiger partial charge on any atom is 0.308 e. The quantitative estimate of drug-likeness (QED) is 0.905. The number of likely N-dealkylation sites (tertiary alicyclic amines) is 1. The van der Waals surface area contributed by atoms with Gasteiger partial charge in [0, 0.05) is 29.9 Å². The molecule has 0 spiro atoms. The molecule has 0 radical (unpaired) electrons. The van der Waals surface area contributed by atoms with Crippen molar-refractivity contribution in [2.75, 3.05) is 19.6 Å². The summed E-state index contributed by atoms with van der Waals surface area (Å²) in [4.78, 5) is 39.7. The average molecular weight is 340 g/mol. The third-order valence-corrected chi connectivity index (χ3v) is 5.60. The molecular weight excluding hydrogens is 320 g/mol. The van der Waals surface area contributed by atoms with Crippen LogP contribution in [0.2, 0.25) is 0 Å². The number of hydrogen-bond acceptors (Lipinski definition) is 3. The van der Waals surface area contributed by atoms with E-state index in [0.717, 1.165) is 18.4 Å². The van der Waals surface area contributed by atoms with E-state index in [4.69, 9.17) is 0 Å². The topological polar surface area (TPSA) is 77.9 Å². The minimum absolute atomic E-state index is 0.0381. The van der Waals surface area contributed by atoms with E-state index in [-0.39, 0.29) is 30.8 Å². The van der Waals surface area contributed by atoms with Gasteiger partial charge >= 0.3 is 5.97 Å². The molecule has 1 N–H and O–H groups in total. The molecule has 130 valence electrons. The van der Waals surface area contributed by atoms with Gasteiger partial charge in [0.25, 0.3) is 5.91 Å². The Balaban J connectivity index is 1.47. The molecule has 1 aliphatic carbocycles. The predicted octanol–water partition coefficient (Wildman–Crippen LogP) is 1.68. The molecule has 2 aliphatic heterocycles. The Labute approximate surface area is 145 Å². The van der Waals surface area contributed by atoms with Gasteiger partial charge in [-0.3, -0.25) is 19.3 Å². The van der Waals surface area contributed by atoms with Gasteiger partial charge in [0.05, 0.1) is 5.92 Å². The van der Waals surface area contributed by atoms with Gasteiger partial charge in [-0.15, -0.1) is 0 Å². The van der Waals surface area contributed by atoms with Crippen molar-refractivity contribution in [3.8, 4) is 0 Å². The first-order chi connectivity index (χ1) is 12.0. The maximum atomic E-state index is 12.7. The van der Waals surface area contributed by atoms with Gasteiger partial charge in [-0.05, 0) is 30.7 Å². The number of aliphatic carboxylic acids is 1. The van der Waals surface area contributed by atoms with Crippen LogP contribution in [0.25, 0.3) is 5.70 Å². The summed E-state index contributed by atoms with van der Waals surface area (Å²) >= 11 is 0. The van der Waals surface area contributed by atoms with E-state index in [0.29, 0.717) is 23.7 Å². The Bertz CT molecular complexity index is 748. The highest BCUT2D eigenvalue weighted by Crippen LogP contribution is 2.44. The average Bonchev–Trinajstić information content (AvgIpc) is 3.30. The zero-order valence-corrected chi connectivity index (χ0v) is 13.9. The van der Waals surface area contributed by atoms with Crippen molar-refractivity contribution in [2.45, 2.75) is 12.8 Å². The van der Waals surface area contributed by atoms with Crippen molar-refractivity contribution in [3.63, 3.8) is 0 Å². The Morgan fingerprint density at radius 3 is 2.44 bits per heavy atom. The largest absolute Gasteiger partial charge is 0.481 e. The molecule has 3 aliphatic rings. The van der Waals surface area contributed by atoms with E-state index in [1.807, 2.05) is 12.1 Å². The van der Waals surface area contributed by atoms with E-state index in [1.54, 1.807) is 17.0 Å². The molecule has 2 amide bonds. The molecule has 6 nitrogen and oxygen atoms in total. The van der Waals surface area contributed by atoms with Crippen molar-refractivity contribution < 1.29 is 19.5 Å². The highest BCUT2D eigenvalue weighted by Gasteiger charge is 2.47. The molecule has 2 heterocycles. The number of carboxylic acids is 1. The van der Waals surface area contributed by atoms with E-state index in [9.17, 15) is 19.5 Å². The number of carbonyl (C=O) groups excluding carboxylic acids is 2. The molecular formula is C19H20N2O4. The predicted molar refractivity (Wildman–Crippen MR) is 90.4 cm³/mol. The van der Waals surface area contributed by atoms with Gasteiger partial charge in [-0.1, -0.05) is 24.8 Å². The summed E-state index contributed by atoms with van der Waals surface area (Å²) in [6.07, 6.45) is 2.10. The van der Waals surface area contributed by atoms with Crippen LogP contribution in [-0.2, 0) is 9.59 Å². The molecule has 2 fully saturated rings. The molecule has 1 saturated carbocycles. The normalized spacial score (nSPS) is 25.4. The molecule has 0 bridgehead atoms. The lowest BCUT2D eigenvalue weighted by Crippen LogP contribution is -2.39. The van der Waals surface area contributed by atoms with Crippen LogP contribution in [0.4, 0.5) is 0 Å². The number of carboxylic acid groups (broad SMARTS) is 1. The number of hydrogen-bond donors (Lipinski definition) is 1. The third kappa shape index (κ3) is 2.62. The van der Waals surface area contributed by atoms with Crippen LogP contribution in [0, 0.1) is 17.8 Å². The van der Waals surface area contributed by atoms with Crippen LogP contribution in [0.15, 0.2) is 30.8 Å². The molecule has 0 aromatic heterocycles. The fourth-order valence-corrected chi connectivity index (χ4v) is 4.03. The van der Waals surface area contributed by atoms with E-state index in [1.165, 1.54) is 4.90 Å². The van der Waals surface area contributed by atoms with Gasteiger partial charge in [0.15, 0.2) is 0 Å². The summed E-state index contributed by atoms with van der Waals surface area (Å²) in [7, 11) is 0. The fraction of sp³-hybridized carbons (Fsp3) is 0.421. The van der Waals surface area contributed by atoms with Crippen LogP contribution < -0.4 is 0 Å². The second-order valence-electron chi connectivity index (χ2n) is 7.13. The number of benzene rings is 1. The first-order valence-electron chi connectivity index (χ1n) is 8.58. The molecule has 1 aromatic rings. The SMILES string of the molecule is C=C1c2ccccc2C(=O)N1CC(=O)N1C[C@H](C(=O)O)[C@@H](C2CC2)C1. The Morgan fingerprint density at radius 1 is 1.16 bits per heavy atom. The van der Waals surface area contributed by atoms with E-state index >= 15 is 0 Å². The standard InChI is InChI=1S/C19H20N2O4/c1-11-13-4-2-3-5-14(13)18(23)21(11)10-17(22)20-8-15(12-6-7-12)16(9-20)19(24)25/h2-5,12,15-16H,1,6-10H2,(H,24,25)/t15-,16+/m1/s1. The van der Waals surface area contributed by atoms with Crippen molar-refractivity contribution in [3.05, 3.63) is 42.0 Å². The van der Waals surface area contributed by atoms with Crippen LogP contribution in [0.5, 0.6) is 0 Å². The van der Waals surface area contributed by atoms with Gasteiger partial charge in [0.1, 0.15) is 6.54 Å². The van der Waals surface area contributed by atoms with Crippen LogP contribution in [0.1, 0.15) is 28.8 Å². The Kier molecular flexibility index (Phi) is 3.63. The highest BCUT2D eigenvalue weighted by molar-refractivity contribution is 6.10. The zero-order valence-electron chi connectivity index (χ0n) is 13.9. The molecule has 0 unspecified atom stereocenters. The van der Waals surface area contributed by atoms with Gasteiger partial charge in [-0.25, -0.2) is 0 Å². The fourth-order valence-electron chi connectivity index (χ4n) is 4.03. The van der Waals surface area contributed by atoms with Crippen LogP contribution >= 0.6 is 0 Å². The lowest BCUT2D eigenvalue weighted by atomic mass is 9.92. The smallest absolute Gasteiger partial charge is 0.308 e. The van der Waals surface area contributed by atoms with Gasteiger partial charge in [-0.2, -0.15) is 0 Å². The minimum Gasteiger partial charge on any atom is -0.481 e. The highest BCUT2D eigenvalue weighted by atomic mass is 16.4. The first-order valence-corrected chi connectivity index (χ1v) is 8.58. The minimum atomic E-state index is -0.832. The number of fused-ring (bicyclic) bond motifs is 1. The van der Waals surface area contributed by atoms with Gasteiger partial charge in [0.2, 0.25) is 5.91 Å². The monoisotopic (exact) mass is 340 g/mol. The Morgan fingerprint density at radius 2 is 1.84 bits per heavy atom. The second-order valence-corrected chi connectivity index (χ2v) is 7.13. The zero-order chi connectivity index (χ0) is 17.7. The molecule has 4 rings (SSSR count). The first kappa shape index (κ1) is 15.9. The van der Waals surface area contributed by atoms with Gasteiger partial charge < -0.3 is 10.0 Å². The molecule has 6 heteroatoms. The van der Waals surface area contributed by atoms with Crippen molar-refractivity contribution in [2.24, 2.45) is 17.8 Å². The van der Waals surface area contributed by atoms with Crippen LogP contribution in [-0.4, -0.2) is 52.3 Å². The van der Waals surface area contributed by atoms with Crippen molar-refractivity contribution in [1.29, 1.82) is 0 Å². The molecule has 2 atom stereocenters. The van der Waals surface area contributed by atoms with Crippen molar-refractivity contribution in [1.82, 2.24) is 9.80 Å². The summed E-state index contributed by atoms with van der Waals surface area (Å²) in [5.41, 5.74) is 1.84. The van der Waals surface area contributed by atoms with E-state index in [2.05, 4.69) is 6.58 Å². The number of rotatable bonds is 4. The maximum absolute atomic E-state index is 12.7. The third-order valence-electron chi connectivity index (χ3n) is 5.60. The second kappa shape index (κ2) is 5.72. The lowest BCUT2D eigenvalue weighted by Gasteiger charge is -2.22. The summed E-state index contributed by atoms with van der Waals surface area (Å²) < 4.78 is 0. The number of amides is 2. The molecule has 1 saturated heterocycles. The number of nitrogens with zero attached hydrogens (tertiary/aromatic N) is 2. The molecule has 1 aromatic carbocycles. The summed E-state index contributed by atoms with van der Waals surface area (Å²) in [5, 5.41) is 9.43. The number of carbonyl (C=O) groups is 3. The Hall–Kier alpha value is -2.63. The lowest BCUT2D eigenvalue weighted by molar-refractivity contribution is -0.142. The summed E-state index contributed by atoms with van der Waals surface area (Å²) in [5.74, 6) is -1.30. The van der Waals surface area contributed by atoms with Crippen LogP contribution in [0.3, 0.4) is 0 Å². The summed E-state index contributed by atoms with van der Waals surface area (Å²) in [6.45, 7) is 4.56. The van der Waals surface area contributed by atoms with Crippen molar-refractivity contribution >= 4 is 23.5 Å². The molecule has 25 heavy (non-hydrogen) atoms.